The van der Waals surface area contributed by atoms with E-state index in [9.17, 15) is 14.4 Å². The third-order valence-electron chi connectivity index (χ3n) is 7.36. The van der Waals surface area contributed by atoms with Crippen molar-refractivity contribution in [2.24, 2.45) is 28.6 Å². The second kappa shape index (κ2) is 4.39. The van der Waals surface area contributed by atoms with Crippen LogP contribution < -0.4 is 0 Å². The molecule has 4 aliphatic carbocycles. The highest BCUT2D eigenvalue weighted by molar-refractivity contribution is 5.96. The number of hydrogen-bond donors (Lipinski definition) is 0. The largest absolute Gasteiger partial charge is 0.299 e. The number of fused-ring (bicyclic) bond motifs is 5. The number of carbonyl (C=O) groups excluding carboxylic acids is 3. The Morgan fingerprint density at radius 3 is 2.55 bits per heavy atom. The smallest absolute Gasteiger partial charge is 0.155 e. The normalized spacial score (nSPS) is 47.6. The van der Waals surface area contributed by atoms with E-state index < -0.39 is 5.41 Å². The summed E-state index contributed by atoms with van der Waals surface area (Å²) in [7, 11) is 0. The second-order valence-electron chi connectivity index (χ2n) is 8.36. The van der Waals surface area contributed by atoms with Gasteiger partial charge < -0.3 is 0 Å². The summed E-state index contributed by atoms with van der Waals surface area (Å²) in [6.07, 6.45) is 7.12. The van der Waals surface area contributed by atoms with Crippen LogP contribution in [-0.2, 0) is 14.4 Å². The topological polar surface area (TPSA) is 51.2 Å². The molecule has 0 amide bonds. The molecule has 3 heteroatoms. The van der Waals surface area contributed by atoms with Crippen LogP contribution >= 0.6 is 0 Å². The van der Waals surface area contributed by atoms with Gasteiger partial charge >= 0.3 is 0 Å². The van der Waals surface area contributed by atoms with Gasteiger partial charge in [0.25, 0.3) is 0 Å². The lowest BCUT2D eigenvalue weighted by Crippen LogP contribution is -2.55. The molecular formula is C19H24O3. The van der Waals surface area contributed by atoms with Crippen LogP contribution in [0.5, 0.6) is 0 Å². The van der Waals surface area contributed by atoms with E-state index in [0.717, 1.165) is 25.7 Å². The Balaban J connectivity index is 1.77. The molecule has 4 rings (SSSR count). The molecule has 3 fully saturated rings. The third-order valence-corrected chi connectivity index (χ3v) is 7.36. The molecule has 0 radical (unpaired) electrons. The predicted octanol–water partition coefficient (Wildman–Crippen LogP) is 3.27. The summed E-state index contributed by atoms with van der Waals surface area (Å²) in [6.45, 7) is 4.22. The quantitative estimate of drug-likeness (QED) is 0.690. The highest BCUT2D eigenvalue weighted by Gasteiger charge is 2.62. The molecule has 22 heavy (non-hydrogen) atoms. The lowest BCUT2D eigenvalue weighted by molar-refractivity contribution is -0.149. The van der Waals surface area contributed by atoms with E-state index in [2.05, 4.69) is 6.92 Å². The number of allylic oxidation sites excluding steroid dienone is 1. The standard InChI is InChI=1S/C19H24O3/c1-18-8-7-12(20)9-11(18)3-4-13-14-5-6-16(22)19(14,2)10-15(21)17(13)18/h9,13-14,17H,3-8,10H2,1-2H3/t13-,14-,17+,18-,19+/m1/s1. The van der Waals surface area contributed by atoms with Crippen LogP contribution in [0.2, 0.25) is 0 Å². The van der Waals surface area contributed by atoms with Crippen molar-refractivity contribution in [3.8, 4) is 0 Å². The van der Waals surface area contributed by atoms with Gasteiger partial charge in [-0.05, 0) is 49.0 Å². The summed E-state index contributed by atoms with van der Waals surface area (Å²) in [5.74, 6) is 1.54. The van der Waals surface area contributed by atoms with Gasteiger partial charge in [0.2, 0.25) is 0 Å². The maximum absolute atomic E-state index is 13.0. The van der Waals surface area contributed by atoms with Crippen LogP contribution in [0.1, 0.15) is 58.8 Å². The first-order chi connectivity index (χ1) is 10.4. The van der Waals surface area contributed by atoms with E-state index >= 15 is 0 Å². The number of carbonyl (C=O) groups is 3. The number of ketones is 3. The summed E-state index contributed by atoms with van der Waals surface area (Å²) >= 11 is 0. The molecule has 0 aliphatic heterocycles. The van der Waals surface area contributed by atoms with Crippen LogP contribution in [0.3, 0.4) is 0 Å². The zero-order valence-electron chi connectivity index (χ0n) is 13.5. The Hall–Kier alpha value is -1.25. The maximum atomic E-state index is 13.0. The van der Waals surface area contributed by atoms with Crippen LogP contribution in [0.25, 0.3) is 0 Å². The minimum absolute atomic E-state index is 0.0320. The molecule has 0 heterocycles. The summed E-state index contributed by atoms with van der Waals surface area (Å²) in [5.41, 5.74) is 0.660. The second-order valence-corrected chi connectivity index (χ2v) is 8.36. The van der Waals surface area contributed by atoms with Crippen molar-refractivity contribution in [1.82, 2.24) is 0 Å². The molecule has 0 unspecified atom stereocenters. The SMILES string of the molecule is C[C@]12CC(=O)[C@@H]3[C@H](CCC4=CC(=O)CC[C@]43C)[C@H]1CCC2=O. The predicted molar refractivity (Wildman–Crippen MR) is 82.1 cm³/mol. The molecule has 0 spiro atoms. The van der Waals surface area contributed by atoms with Crippen molar-refractivity contribution in [3.05, 3.63) is 11.6 Å². The van der Waals surface area contributed by atoms with E-state index in [4.69, 9.17) is 0 Å². The van der Waals surface area contributed by atoms with Gasteiger partial charge in [0.05, 0.1) is 0 Å². The van der Waals surface area contributed by atoms with Crippen molar-refractivity contribution in [1.29, 1.82) is 0 Å². The summed E-state index contributed by atoms with van der Waals surface area (Å²) < 4.78 is 0. The Labute approximate surface area is 131 Å². The minimum atomic E-state index is -0.402. The first-order valence-corrected chi connectivity index (χ1v) is 8.66. The molecule has 5 atom stereocenters. The first kappa shape index (κ1) is 14.3. The van der Waals surface area contributed by atoms with E-state index in [1.54, 1.807) is 0 Å². The minimum Gasteiger partial charge on any atom is -0.299 e. The average Bonchev–Trinajstić information content (AvgIpc) is 2.75. The molecule has 3 saturated carbocycles. The molecule has 3 nitrogen and oxygen atoms in total. The molecule has 0 aromatic heterocycles. The molecule has 0 bridgehead atoms. The van der Waals surface area contributed by atoms with Gasteiger partial charge in [-0.25, -0.2) is 0 Å². The molecule has 0 aromatic carbocycles. The summed E-state index contributed by atoms with van der Waals surface area (Å²) in [5, 5.41) is 0. The molecule has 4 aliphatic rings. The van der Waals surface area contributed by atoms with Gasteiger partial charge in [0.1, 0.15) is 11.6 Å². The van der Waals surface area contributed by atoms with E-state index in [-0.39, 0.29) is 22.9 Å². The lowest BCUT2D eigenvalue weighted by Gasteiger charge is -2.55. The van der Waals surface area contributed by atoms with Crippen molar-refractivity contribution < 1.29 is 14.4 Å². The van der Waals surface area contributed by atoms with Gasteiger partial charge in [-0.15, -0.1) is 0 Å². The van der Waals surface area contributed by atoms with Crippen LogP contribution in [-0.4, -0.2) is 17.3 Å². The van der Waals surface area contributed by atoms with E-state index in [0.29, 0.717) is 36.9 Å². The van der Waals surface area contributed by atoms with E-state index in [1.807, 2.05) is 13.0 Å². The van der Waals surface area contributed by atoms with Crippen LogP contribution in [0.15, 0.2) is 11.6 Å². The molecule has 0 saturated heterocycles. The van der Waals surface area contributed by atoms with Crippen molar-refractivity contribution in [2.75, 3.05) is 0 Å². The first-order valence-electron chi connectivity index (χ1n) is 8.66. The highest BCUT2D eigenvalue weighted by atomic mass is 16.1. The summed E-state index contributed by atoms with van der Waals surface area (Å²) in [4.78, 5) is 37.1. The van der Waals surface area contributed by atoms with Crippen molar-refractivity contribution >= 4 is 17.3 Å². The van der Waals surface area contributed by atoms with Crippen molar-refractivity contribution in [2.45, 2.75) is 58.8 Å². The molecule has 0 N–H and O–H groups in total. The van der Waals surface area contributed by atoms with Crippen LogP contribution in [0, 0.1) is 28.6 Å². The monoisotopic (exact) mass is 300 g/mol. The fourth-order valence-corrected chi connectivity index (χ4v) is 6.16. The van der Waals surface area contributed by atoms with Gasteiger partial charge in [-0.2, -0.15) is 0 Å². The third kappa shape index (κ3) is 1.65. The average molecular weight is 300 g/mol. The number of Topliss-reactive ketones (excluding diaryl/α,β-unsaturated/α-hetero) is 2. The van der Waals surface area contributed by atoms with Gasteiger partial charge in [-0.1, -0.05) is 19.4 Å². The van der Waals surface area contributed by atoms with Crippen LogP contribution in [0.4, 0.5) is 0 Å². The molecule has 0 aromatic rings. The number of hydrogen-bond acceptors (Lipinski definition) is 3. The Kier molecular flexibility index (Phi) is 2.87. The Morgan fingerprint density at radius 1 is 1.00 bits per heavy atom. The van der Waals surface area contributed by atoms with Gasteiger partial charge in [0, 0.05) is 30.6 Å². The fraction of sp³-hybridized carbons (Fsp3) is 0.737. The van der Waals surface area contributed by atoms with Crippen molar-refractivity contribution in [3.63, 3.8) is 0 Å². The zero-order valence-corrected chi connectivity index (χ0v) is 13.5. The number of rotatable bonds is 0. The maximum Gasteiger partial charge on any atom is 0.155 e. The van der Waals surface area contributed by atoms with Gasteiger partial charge in [-0.3, -0.25) is 14.4 Å². The fourth-order valence-electron chi connectivity index (χ4n) is 6.16. The summed E-state index contributed by atoms with van der Waals surface area (Å²) in [6, 6.07) is 0. The Bertz CT molecular complexity index is 616. The van der Waals surface area contributed by atoms with Gasteiger partial charge in [0.15, 0.2) is 5.78 Å². The molecular weight excluding hydrogens is 276 g/mol. The highest BCUT2D eigenvalue weighted by Crippen LogP contribution is 2.63. The Morgan fingerprint density at radius 2 is 1.77 bits per heavy atom. The van der Waals surface area contributed by atoms with E-state index in [1.165, 1.54) is 5.57 Å². The molecule has 118 valence electrons. The zero-order chi connectivity index (χ0) is 15.7. The lowest BCUT2D eigenvalue weighted by atomic mass is 9.47.